The number of rotatable bonds is 1. The maximum absolute atomic E-state index is 8.89. The molecule has 66 valence electrons. The van der Waals surface area contributed by atoms with E-state index in [1.807, 2.05) is 0 Å². The second kappa shape index (κ2) is 3.03. The van der Waals surface area contributed by atoms with Crippen molar-refractivity contribution < 1.29 is 10.0 Å². The number of fused-ring (bicyclic) bond motifs is 1. The summed E-state index contributed by atoms with van der Waals surface area (Å²) in [5.74, 6) is 0. The molecule has 0 bridgehead atoms. The van der Waals surface area contributed by atoms with E-state index in [2.05, 4.69) is 10.2 Å². The summed E-state index contributed by atoms with van der Waals surface area (Å²) in [6.45, 7) is 0. The number of aromatic amines is 1. The van der Waals surface area contributed by atoms with E-state index >= 15 is 0 Å². The molecule has 3 N–H and O–H groups in total. The highest BCUT2D eigenvalue weighted by Crippen LogP contribution is 2.18. The van der Waals surface area contributed by atoms with Crippen molar-refractivity contribution in [2.75, 3.05) is 0 Å². The molecule has 13 heavy (non-hydrogen) atoms. The Kier molecular flexibility index (Phi) is 1.99. The minimum absolute atomic E-state index is 0.399. The molecule has 0 radical (unpaired) electrons. The Bertz CT molecular complexity index is 443. The molecule has 0 atom stereocenters. The van der Waals surface area contributed by atoms with E-state index in [-0.39, 0.29) is 0 Å². The van der Waals surface area contributed by atoms with Crippen molar-refractivity contribution in [3.8, 4) is 0 Å². The molecule has 0 unspecified atom stereocenters. The summed E-state index contributed by atoms with van der Waals surface area (Å²) in [7, 11) is -1.48. The third-order valence-electron chi connectivity index (χ3n) is 1.83. The van der Waals surface area contributed by atoms with Gasteiger partial charge < -0.3 is 10.0 Å². The van der Waals surface area contributed by atoms with Crippen LogP contribution < -0.4 is 5.46 Å². The van der Waals surface area contributed by atoms with E-state index in [1.54, 1.807) is 18.2 Å². The number of benzene rings is 1. The van der Waals surface area contributed by atoms with E-state index in [9.17, 15) is 0 Å². The topological polar surface area (TPSA) is 69.1 Å². The molecule has 0 aliphatic heterocycles. The summed E-state index contributed by atoms with van der Waals surface area (Å²) in [4.78, 5) is 0. The number of halogens is 1. The van der Waals surface area contributed by atoms with Crippen molar-refractivity contribution in [1.29, 1.82) is 0 Å². The zero-order chi connectivity index (χ0) is 9.42. The molecule has 1 aromatic heterocycles. The van der Waals surface area contributed by atoms with Gasteiger partial charge in [0.1, 0.15) is 5.15 Å². The van der Waals surface area contributed by atoms with Crippen molar-refractivity contribution in [3.63, 3.8) is 0 Å². The molecular formula is C7H6BClN2O2. The van der Waals surface area contributed by atoms with Crippen molar-refractivity contribution >= 4 is 35.1 Å². The molecule has 1 heterocycles. The highest BCUT2D eigenvalue weighted by molar-refractivity contribution is 6.59. The number of nitrogens with zero attached hydrogens (tertiary/aromatic N) is 1. The van der Waals surface area contributed by atoms with Gasteiger partial charge in [0, 0.05) is 5.39 Å². The standard InChI is InChI=1S/C7H6BClN2O2/c9-7-5-3-4(8(12)13)1-2-6(5)10-11-7/h1-3,12-13H,(H,10,11). The van der Waals surface area contributed by atoms with E-state index in [0.717, 1.165) is 0 Å². The zero-order valence-corrected chi connectivity index (χ0v) is 7.28. The molecule has 0 aliphatic carbocycles. The normalized spacial score (nSPS) is 10.7. The first-order chi connectivity index (χ1) is 6.18. The fourth-order valence-electron chi connectivity index (χ4n) is 1.16. The van der Waals surface area contributed by atoms with Gasteiger partial charge in [0.15, 0.2) is 0 Å². The quantitative estimate of drug-likeness (QED) is 0.558. The van der Waals surface area contributed by atoms with Crippen LogP contribution in [0.3, 0.4) is 0 Å². The van der Waals surface area contributed by atoms with Crippen LogP contribution >= 0.6 is 11.6 Å². The first kappa shape index (κ1) is 8.56. The van der Waals surface area contributed by atoms with Gasteiger partial charge in [-0.05, 0) is 17.6 Å². The average molecular weight is 196 g/mol. The number of aromatic nitrogens is 2. The maximum atomic E-state index is 8.89. The van der Waals surface area contributed by atoms with Crippen LogP contribution in [-0.4, -0.2) is 27.4 Å². The predicted molar refractivity (Wildman–Crippen MR) is 50.9 cm³/mol. The fraction of sp³-hybridized carbons (Fsp3) is 0. The second-order valence-corrected chi connectivity index (χ2v) is 3.07. The highest BCUT2D eigenvalue weighted by Gasteiger charge is 2.12. The van der Waals surface area contributed by atoms with E-state index in [4.69, 9.17) is 21.6 Å². The lowest BCUT2D eigenvalue weighted by molar-refractivity contribution is 0.426. The number of hydrogen-bond donors (Lipinski definition) is 3. The lowest BCUT2D eigenvalue weighted by Gasteiger charge is -1.97. The van der Waals surface area contributed by atoms with Gasteiger partial charge in [0.25, 0.3) is 0 Å². The molecular weight excluding hydrogens is 190 g/mol. The lowest BCUT2D eigenvalue weighted by atomic mass is 9.80. The Morgan fingerprint density at radius 2 is 2.15 bits per heavy atom. The molecule has 2 rings (SSSR count). The maximum Gasteiger partial charge on any atom is 0.488 e. The van der Waals surface area contributed by atoms with Crippen molar-refractivity contribution in [2.45, 2.75) is 0 Å². The third kappa shape index (κ3) is 1.41. The summed E-state index contributed by atoms with van der Waals surface area (Å²) in [5.41, 5.74) is 1.10. The summed E-state index contributed by atoms with van der Waals surface area (Å²) < 4.78 is 0. The van der Waals surface area contributed by atoms with Crippen LogP contribution in [0.4, 0.5) is 0 Å². The first-order valence-electron chi connectivity index (χ1n) is 3.68. The number of nitrogens with one attached hydrogen (secondary N) is 1. The van der Waals surface area contributed by atoms with Gasteiger partial charge in [-0.2, -0.15) is 5.10 Å². The van der Waals surface area contributed by atoms with Crippen LogP contribution in [-0.2, 0) is 0 Å². The molecule has 0 saturated heterocycles. The summed E-state index contributed by atoms with van der Waals surface area (Å²) in [6.07, 6.45) is 0. The van der Waals surface area contributed by atoms with Crippen LogP contribution in [0.5, 0.6) is 0 Å². The van der Waals surface area contributed by atoms with E-state index in [0.29, 0.717) is 21.5 Å². The van der Waals surface area contributed by atoms with Crippen LogP contribution in [0.25, 0.3) is 10.9 Å². The number of hydrogen-bond acceptors (Lipinski definition) is 3. The molecule has 0 aliphatic rings. The first-order valence-corrected chi connectivity index (χ1v) is 4.06. The smallest absolute Gasteiger partial charge is 0.423 e. The largest absolute Gasteiger partial charge is 0.488 e. The van der Waals surface area contributed by atoms with Crippen molar-refractivity contribution in [1.82, 2.24) is 10.2 Å². The van der Waals surface area contributed by atoms with Crippen LogP contribution in [0.1, 0.15) is 0 Å². The van der Waals surface area contributed by atoms with E-state index < -0.39 is 7.12 Å². The Balaban J connectivity index is 2.66. The molecule has 0 fully saturated rings. The summed E-state index contributed by atoms with van der Waals surface area (Å²) in [6, 6.07) is 4.85. The summed E-state index contributed by atoms with van der Waals surface area (Å²) in [5, 5.41) is 25.4. The summed E-state index contributed by atoms with van der Waals surface area (Å²) >= 11 is 5.77. The van der Waals surface area contributed by atoms with Crippen LogP contribution in [0.15, 0.2) is 18.2 Å². The Labute approximate surface area is 79.3 Å². The van der Waals surface area contributed by atoms with Gasteiger partial charge in [-0.3, -0.25) is 5.10 Å². The zero-order valence-electron chi connectivity index (χ0n) is 6.53. The molecule has 6 heteroatoms. The molecule has 2 aromatic rings. The van der Waals surface area contributed by atoms with Gasteiger partial charge in [-0.15, -0.1) is 0 Å². The van der Waals surface area contributed by atoms with Gasteiger partial charge in [-0.1, -0.05) is 17.7 Å². The van der Waals surface area contributed by atoms with Gasteiger partial charge >= 0.3 is 7.12 Å². The third-order valence-corrected chi connectivity index (χ3v) is 2.12. The average Bonchev–Trinajstić information content (AvgIpc) is 2.47. The van der Waals surface area contributed by atoms with Gasteiger partial charge in [0.05, 0.1) is 5.52 Å². The lowest BCUT2D eigenvalue weighted by Crippen LogP contribution is -2.29. The Morgan fingerprint density at radius 1 is 1.38 bits per heavy atom. The predicted octanol–water partition coefficient (Wildman–Crippen LogP) is -0.104. The van der Waals surface area contributed by atoms with Crippen LogP contribution in [0.2, 0.25) is 5.15 Å². The highest BCUT2D eigenvalue weighted by atomic mass is 35.5. The van der Waals surface area contributed by atoms with Gasteiger partial charge in [0.2, 0.25) is 0 Å². The molecule has 0 amide bonds. The van der Waals surface area contributed by atoms with Gasteiger partial charge in [-0.25, -0.2) is 0 Å². The molecule has 0 saturated carbocycles. The fourth-order valence-corrected chi connectivity index (χ4v) is 1.35. The second-order valence-electron chi connectivity index (χ2n) is 2.69. The van der Waals surface area contributed by atoms with Crippen molar-refractivity contribution in [3.05, 3.63) is 23.4 Å². The Morgan fingerprint density at radius 3 is 2.85 bits per heavy atom. The van der Waals surface area contributed by atoms with E-state index in [1.165, 1.54) is 0 Å². The number of H-pyrrole nitrogens is 1. The van der Waals surface area contributed by atoms with Crippen molar-refractivity contribution in [2.24, 2.45) is 0 Å². The molecule has 4 nitrogen and oxygen atoms in total. The molecule has 0 spiro atoms. The molecule has 1 aromatic carbocycles. The SMILES string of the molecule is OB(O)c1ccc2n[nH]c(Cl)c2c1. The van der Waals surface area contributed by atoms with Crippen LogP contribution in [0, 0.1) is 0 Å². The minimum atomic E-state index is -1.48. The Hall–Kier alpha value is -1.04. The monoisotopic (exact) mass is 196 g/mol. The minimum Gasteiger partial charge on any atom is -0.423 e.